The second kappa shape index (κ2) is 8.13. The van der Waals surface area contributed by atoms with Crippen LogP contribution in [0.2, 0.25) is 0 Å². The van der Waals surface area contributed by atoms with Crippen molar-refractivity contribution in [1.82, 2.24) is 19.9 Å². The highest BCUT2D eigenvalue weighted by Crippen LogP contribution is 2.25. The van der Waals surface area contributed by atoms with Crippen molar-refractivity contribution in [3.63, 3.8) is 0 Å². The Bertz CT molecular complexity index is 965. The van der Waals surface area contributed by atoms with Crippen LogP contribution in [-0.2, 0) is 5.41 Å². The summed E-state index contributed by atoms with van der Waals surface area (Å²) in [4.78, 5) is 17.7. The van der Waals surface area contributed by atoms with Crippen LogP contribution in [0.4, 0.5) is 0 Å². The molecule has 3 rings (SSSR count). The number of amides is 1. The van der Waals surface area contributed by atoms with Gasteiger partial charge in [-0.3, -0.25) is 4.79 Å². The highest BCUT2D eigenvalue weighted by atomic mass is 16.1. The number of unbranched alkanes of at least 4 members (excludes halogenated alkanes) is 2. The highest BCUT2D eigenvalue weighted by molar-refractivity contribution is 5.94. The molecule has 2 heterocycles. The third kappa shape index (κ3) is 4.41. The summed E-state index contributed by atoms with van der Waals surface area (Å²) in [5, 5.41) is 7.73. The molecule has 5 nitrogen and oxygen atoms in total. The number of fused-ring (bicyclic) bond motifs is 1. The number of nitrogens with zero attached hydrogens (tertiary/aromatic N) is 3. The van der Waals surface area contributed by atoms with Gasteiger partial charge in [0.25, 0.3) is 5.91 Å². The van der Waals surface area contributed by atoms with Crippen LogP contribution in [0.15, 0.2) is 36.4 Å². The fourth-order valence-electron chi connectivity index (χ4n) is 3.04. The van der Waals surface area contributed by atoms with Crippen molar-refractivity contribution in [2.24, 2.45) is 0 Å². The number of carbonyl (C=O) groups excluding carboxylic acids is 1. The van der Waals surface area contributed by atoms with E-state index in [2.05, 4.69) is 52.1 Å². The summed E-state index contributed by atoms with van der Waals surface area (Å²) in [6, 6.07) is 12.0. The number of aryl methyl sites for hydroxylation is 1. The fourth-order valence-corrected chi connectivity index (χ4v) is 3.04. The van der Waals surface area contributed by atoms with E-state index in [0.717, 1.165) is 36.2 Å². The van der Waals surface area contributed by atoms with Crippen molar-refractivity contribution in [3.05, 3.63) is 53.3 Å². The van der Waals surface area contributed by atoms with E-state index in [0.29, 0.717) is 17.9 Å². The van der Waals surface area contributed by atoms with Crippen molar-refractivity contribution in [1.29, 1.82) is 0 Å². The highest BCUT2D eigenvalue weighted by Gasteiger charge is 2.22. The van der Waals surface area contributed by atoms with Crippen molar-refractivity contribution >= 4 is 11.6 Å². The molecule has 0 fully saturated rings. The minimum atomic E-state index is -0.118. The Morgan fingerprint density at radius 1 is 1.11 bits per heavy atom. The van der Waals surface area contributed by atoms with Crippen LogP contribution < -0.4 is 5.32 Å². The summed E-state index contributed by atoms with van der Waals surface area (Å²) in [6.45, 7) is 11.2. The van der Waals surface area contributed by atoms with Crippen molar-refractivity contribution in [3.8, 4) is 11.3 Å². The first kappa shape index (κ1) is 20.1. The lowest BCUT2D eigenvalue weighted by atomic mass is 9.93. The van der Waals surface area contributed by atoms with Crippen LogP contribution in [0, 0.1) is 6.92 Å². The van der Waals surface area contributed by atoms with Crippen LogP contribution in [0.25, 0.3) is 16.9 Å². The molecule has 1 aromatic carbocycles. The lowest BCUT2D eigenvalue weighted by Crippen LogP contribution is -2.27. The first-order chi connectivity index (χ1) is 13.3. The predicted molar refractivity (Wildman–Crippen MR) is 114 cm³/mol. The van der Waals surface area contributed by atoms with Crippen LogP contribution in [0.5, 0.6) is 0 Å². The summed E-state index contributed by atoms with van der Waals surface area (Å²) in [7, 11) is 0. The van der Waals surface area contributed by atoms with E-state index in [1.807, 2.05) is 24.3 Å². The van der Waals surface area contributed by atoms with Gasteiger partial charge in [-0.1, -0.05) is 70.4 Å². The molecule has 3 aromatic rings. The van der Waals surface area contributed by atoms with Crippen LogP contribution in [-0.4, -0.2) is 27.0 Å². The van der Waals surface area contributed by atoms with E-state index in [9.17, 15) is 4.79 Å². The molecule has 0 aliphatic heterocycles. The second-order valence-electron chi connectivity index (χ2n) is 8.41. The van der Waals surface area contributed by atoms with Gasteiger partial charge in [0.1, 0.15) is 5.69 Å². The quantitative estimate of drug-likeness (QED) is 0.619. The van der Waals surface area contributed by atoms with Crippen LogP contribution >= 0.6 is 0 Å². The lowest BCUT2D eigenvalue weighted by molar-refractivity contribution is 0.0945. The number of hydrogen-bond acceptors (Lipinski definition) is 3. The number of benzene rings is 1. The number of hydrogen-bond donors (Lipinski definition) is 1. The topological polar surface area (TPSA) is 59.3 Å². The molecule has 0 radical (unpaired) electrons. The zero-order valence-corrected chi connectivity index (χ0v) is 17.5. The van der Waals surface area contributed by atoms with Crippen LogP contribution in [0.1, 0.15) is 68.7 Å². The molecule has 5 heteroatoms. The van der Waals surface area contributed by atoms with Crippen LogP contribution in [0.3, 0.4) is 0 Å². The maximum atomic E-state index is 12.9. The monoisotopic (exact) mass is 378 g/mol. The molecule has 0 saturated carbocycles. The third-order valence-electron chi connectivity index (χ3n) is 4.84. The molecule has 1 N–H and O–H groups in total. The molecule has 0 spiro atoms. The van der Waals surface area contributed by atoms with E-state index in [1.165, 1.54) is 5.56 Å². The average Bonchev–Trinajstić information content (AvgIpc) is 3.09. The summed E-state index contributed by atoms with van der Waals surface area (Å²) >= 11 is 0. The van der Waals surface area contributed by atoms with Gasteiger partial charge >= 0.3 is 0 Å². The van der Waals surface area contributed by atoms with Gasteiger partial charge in [-0.2, -0.15) is 5.10 Å². The standard InChI is InChI=1S/C23H30N4O/c1-6-7-8-13-24-22(28)19-14-18(17-11-9-16(2)10-12-17)25-21-15-20(23(3,4)5)26-27(19)21/h9-12,14-15H,6-8,13H2,1-5H3,(H,24,28). The number of rotatable bonds is 6. The first-order valence-corrected chi connectivity index (χ1v) is 10.1. The number of aromatic nitrogens is 3. The van der Waals surface area contributed by atoms with Gasteiger partial charge in [0, 0.05) is 23.6 Å². The van der Waals surface area contributed by atoms with E-state index < -0.39 is 0 Å². The summed E-state index contributed by atoms with van der Waals surface area (Å²) in [6.07, 6.45) is 3.21. The SMILES string of the molecule is CCCCCNC(=O)c1cc(-c2ccc(C)cc2)nc2cc(C(C)(C)C)nn12. The Morgan fingerprint density at radius 2 is 1.82 bits per heavy atom. The second-order valence-corrected chi connectivity index (χ2v) is 8.41. The largest absolute Gasteiger partial charge is 0.351 e. The molecule has 0 atom stereocenters. The number of nitrogens with one attached hydrogen (secondary N) is 1. The van der Waals surface area contributed by atoms with E-state index in [4.69, 9.17) is 10.1 Å². The van der Waals surface area contributed by atoms with Gasteiger partial charge in [0.2, 0.25) is 0 Å². The molecular weight excluding hydrogens is 348 g/mol. The molecule has 28 heavy (non-hydrogen) atoms. The van der Waals surface area contributed by atoms with E-state index >= 15 is 0 Å². The maximum Gasteiger partial charge on any atom is 0.270 e. The van der Waals surface area contributed by atoms with E-state index in [1.54, 1.807) is 4.52 Å². The lowest BCUT2D eigenvalue weighted by Gasteiger charge is -2.13. The summed E-state index contributed by atoms with van der Waals surface area (Å²) in [5.41, 5.74) is 4.98. The molecule has 148 valence electrons. The number of carbonyl (C=O) groups is 1. The molecule has 0 aliphatic carbocycles. The Morgan fingerprint density at radius 3 is 2.46 bits per heavy atom. The van der Waals surface area contributed by atoms with Crippen molar-refractivity contribution in [2.45, 2.75) is 59.3 Å². The van der Waals surface area contributed by atoms with Crippen molar-refractivity contribution < 1.29 is 4.79 Å². The summed E-state index contributed by atoms with van der Waals surface area (Å²) in [5.74, 6) is -0.111. The fraction of sp³-hybridized carbons (Fsp3) is 0.435. The minimum Gasteiger partial charge on any atom is -0.351 e. The smallest absolute Gasteiger partial charge is 0.270 e. The Hall–Kier alpha value is -2.69. The van der Waals surface area contributed by atoms with E-state index in [-0.39, 0.29) is 11.3 Å². The van der Waals surface area contributed by atoms with Crippen molar-refractivity contribution in [2.75, 3.05) is 6.54 Å². The normalized spacial score (nSPS) is 11.8. The molecule has 1 amide bonds. The Kier molecular flexibility index (Phi) is 5.82. The van der Waals surface area contributed by atoms with Gasteiger partial charge in [0.05, 0.1) is 11.4 Å². The Balaban J connectivity index is 2.06. The van der Waals surface area contributed by atoms with Gasteiger partial charge in [0.15, 0.2) is 5.65 Å². The van der Waals surface area contributed by atoms with Gasteiger partial charge in [-0.05, 0) is 19.4 Å². The minimum absolute atomic E-state index is 0.111. The molecule has 0 bridgehead atoms. The maximum absolute atomic E-state index is 12.9. The predicted octanol–water partition coefficient (Wildman–Crippen LogP) is 4.92. The molecule has 0 unspecified atom stereocenters. The Labute approximate surface area is 167 Å². The van der Waals surface area contributed by atoms with Gasteiger partial charge in [-0.15, -0.1) is 0 Å². The molecule has 0 aliphatic rings. The zero-order valence-electron chi connectivity index (χ0n) is 17.5. The molecular formula is C23H30N4O. The first-order valence-electron chi connectivity index (χ1n) is 10.1. The molecule has 2 aromatic heterocycles. The van der Waals surface area contributed by atoms with Gasteiger partial charge in [-0.25, -0.2) is 9.50 Å². The summed E-state index contributed by atoms with van der Waals surface area (Å²) < 4.78 is 1.67. The third-order valence-corrected chi connectivity index (χ3v) is 4.84. The van der Waals surface area contributed by atoms with Gasteiger partial charge < -0.3 is 5.32 Å². The zero-order chi connectivity index (χ0) is 20.3. The molecule has 0 saturated heterocycles. The average molecular weight is 379 g/mol.